The van der Waals surface area contributed by atoms with Gasteiger partial charge in [-0.25, -0.2) is 0 Å². The number of nitro groups is 1. The Morgan fingerprint density at radius 1 is 1.32 bits per heavy atom. The molecule has 1 aliphatic carbocycles. The Morgan fingerprint density at radius 3 is 2.89 bits per heavy atom. The smallest absolute Gasteiger partial charge is 0.288 e. The summed E-state index contributed by atoms with van der Waals surface area (Å²) < 4.78 is 0. The molecule has 2 aliphatic rings. The summed E-state index contributed by atoms with van der Waals surface area (Å²) in [6.07, 6.45) is 5.18. The average molecular weight is 398 g/mol. The molecule has 3 unspecified atom stereocenters. The second-order valence-electron chi connectivity index (χ2n) is 7.10. The summed E-state index contributed by atoms with van der Waals surface area (Å²) in [6, 6.07) is 10.6. The van der Waals surface area contributed by atoms with Crippen molar-refractivity contribution in [2.24, 2.45) is 5.92 Å². The van der Waals surface area contributed by atoms with E-state index in [0.717, 1.165) is 23.2 Å². The largest absolute Gasteiger partial charge is 0.378 e. The van der Waals surface area contributed by atoms with Crippen molar-refractivity contribution >= 4 is 28.9 Å². The summed E-state index contributed by atoms with van der Waals surface area (Å²) in [5.41, 5.74) is 3.43. The molecule has 144 valence electrons. The zero-order chi connectivity index (χ0) is 19.8. The number of carbonyl (C=O) groups excluding carboxylic acids is 1. The van der Waals surface area contributed by atoms with Crippen molar-refractivity contribution in [1.82, 2.24) is 5.32 Å². The van der Waals surface area contributed by atoms with E-state index in [1.165, 1.54) is 0 Å². The van der Waals surface area contributed by atoms with Crippen LogP contribution in [-0.4, -0.2) is 17.4 Å². The highest BCUT2D eigenvalue weighted by molar-refractivity contribution is 6.32. The summed E-state index contributed by atoms with van der Waals surface area (Å²) in [6.45, 7) is 2.47. The third-order valence-electron chi connectivity index (χ3n) is 5.49. The topological polar surface area (TPSA) is 84.3 Å². The maximum Gasteiger partial charge on any atom is 0.288 e. The molecule has 0 radical (unpaired) electrons. The minimum Gasteiger partial charge on any atom is -0.378 e. The van der Waals surface area contributed by atoms with E-state index >= 15 is 0 Å². The molecule has 0 fully saturated rings. The number of nitro benzene ring substituents is 1. The maximum absolute atomic E-state index is 12.2. The number of hydrogen-bond donors (Lipinski definition) is 2. The normalized spacial score (nSPS) is 22.1. The third kappa shape index (κ3) is 3.14. The highest BCUT2D eigenvalue weighted by Crippen LogP contribution is 2.50. The van der Waals surface area contributed by atoms with Crippen LogP contribution < -0.4 is 10.6 Å². The number of allylic oxidation sites excluding steroid dienone is 2. The lowest BCUT2D eigenvalue weighted by Gasteiger charge is -2.37. The van der Waals surface area contributed by atoms with Crippen molar-refractivity contribution in [1.29, 1.82) is 0 Å². The lowest BCUT2D eigenvalue weighted by atomic mass is 9.76. The Kier molecular flexibility index (Phi) is 4.81. The van der Waals surface area contributed by atoms with Gasteiger partial charge < -0.3 is 10.6 Å². The van der Waals surface area contributed by atoms with Gasteiger partial charge in [-0.2, -0.15) is 0 Å². The summed E-state index contributed by atoms with van der Waals surface area (Å²) >= 11 is 5.98. The van der Waals surface area contributed by atoms with E-state index in [9.17, 15) is 14.9 Å². The Balaban J connectivity index is 1.73. The number of rotatable bonds is 4. The average Bonchev–Trinajstić information content (AvgIpc) is 3.17. The number of amides is 1. The van der Waals surface area contributed by atoms with Gasteiger partial charge in [0.25, 0.3) is 11.6 Å². The molecule has 0 spiro atoms. The van der Waals surface area contributed by atoms with Crippen molar-refractivity contribution < 1.29 is 9.72 Å². The number of nitrogens with one attached hydrogen (secondary N) is 2. The molecule has 0 saturated carbocycles. The molecule has 2 aromatic rings. The van der Waals surface area contributed by atoms with Gasteiger partial charge >= 0.3 is 0 Å². The number of carbonyl (C=O) groups is 1. The van der Waals surface area contributed by atoms with E-state index in [2.05, 4.69) is 22.8 Å². The van der Waals surface area contributed by atoms with Crippen LogP contribution >= 0.6 is 11.6 Å². The van der Waals surface area contributed by atoms with Crippen molar-refractivity contribution in [3.05, 3.63) is 80.4 Å². The second-order valence-corrected chi connectivity index (χ2v) is 7.51. The summed E-state index contributed by atoms with van der Waals surface area (Å²) in [5.74, 6) is 0.294. The molecule has 2 aromatic carbocycles. The zero-order valence-corrected chi connectivity index (χ0v) is 16.1. The quantitative estimate of drug-likeness (QED) is 0.440. The minimum atomic E-state index is -0.453. The van der Waals surface area contributed by atoms with Crippen LogP contribution in [0.25, 0.3) is 0 Å². The van der Waals surface area contributed by atoms with Gasteiger partial charge in [0.15, 0.2) is 0 Å². The van der Waals surface area contributed by atoms with Crippen LogP contribution in [0.5, 0.6) is 0 Å². The number of hydrogen-bond acceptors (Lipinski definition) is 4. The molecule has 28 heavy (non-hydrogen) atoms. The Hall–Kier alpha value is -2.86. The van der Waals surface area contributed by atoms with Crippen LogP contribution in [0.1, 0.15) is 46.8 Å². The predicted molar refractivity (Wildman–Crippen MR) is 109 cm³/mol. The first-order valence-electron chi connectivity index (χ1n) is 9.28. The van der Waals surface area contributed by atoms with E-state index in [4.69, 9.17) is 11.6 Å². The van der Waals surface area contributed by atoms with Gasteiger partial charge in [0, 0.05) is 29.8 Å². The van der Waals surface area contributed by atoms with Crippen molar-refractivity contribution in [3.8, 4) is 0 Å². The molecule has 4 rings (SSSR count). The number of nitrogens with zero attached hydrogens (tertiary/aromatic N) is 1. The number of benzene rings is 2. The standard InChI is InChI=1S/C21H20ClN3O3/c1-2-23-21(26)13-7-9-18-16(10-13)14-4-3-5-15(14)20(24-18)12-6-8-17(22)19(11-12)25(27)28/h3-4,6-11,14-15,20,24H,2,5H2,1H3,(H,23,26). The van der Waals surface area contributed by atoms with Crippen LogP contribution in [-0.2, 0) is 0 Å². The summed E-state index contributed by atoms with van der Waals surface area (Å²) in [7, 11) is 0. The highest BCUT2D eigenvalue weighted by Gasteiger charge is 2.38. The Bertz CT molecular complexity index is 989. The van der Waals surface area contributed by atoms with Crippen LogP contribution in [0.15, 0.2) is 48.6 Å². The molecule has 2 N–H and O–H groups in total. The molecule has 0 aromatic heterocycles. The van der Waals surface area contributed by atoms with E-state index < -0.39 is 4.92 Å². The first-order chi connectivity index (χ1) is 13.5. The van der Waals surface area contributed by atoms with Gasteiger partial charge in [0.2, 0.25) is 0 Å². The summed E-state index contributed by atoms with van der Waals surface area (Å²) in [5, 5.41) is 17.8. The number of halogens is 1. The molecule has 0 bridgehead atoms. The van der Waals surface area contributed by atoms with Gasteiger partial charge in [-0.1, -0.05) is 29.8 Å². The fourth-order valence-corrected chi connectivity index (χ4v) is 4.38. The molecule has 3 atom stereocenters. The van der Waals surface area contributed by atoms with Crippen LogP contribution in [0, 0.1) is 16.0 Å². The lowest BCUT2D eigenvalue weighted by Crippen LogP contribution is -2.30. The van der Waals surface area contributed by atoms with Crippen LogP contribution in [0.4, 0.5) is 11.4 Å². The lowest BCUT2D eigenvalue weighted by molar-refractivity contribution is -0.384. The van der Waals surface area contributed by atoms with Gasteiger partial charge in [0.1, 0.15) is 5.02 Å². The first-order valence-corrected chi connectivity index (χ1v) is 9.66. The monoisotopic (exact) mass is 397 g/mol. The van der Waals surface area contributed by atoms with Crippen molar-refractivity contribution in [3.63, 3.8) is 0 Å². The number of fused-ring (bicyclic) bond motifs is 3. The zero-order valence-electron chi connectivity index (χ0n) is 15.3. The van der Waals surface area contributed by atoms with Crippen molar-refractivity contribution in [2.45, 2.75) is 25.3 Å². The van der Waals surface area contributed by atoms with Crippen LogP contribution in [0.3, 0.4) is 0 Å². The number of anilines is 1. The molecular weight excluding hydrogens is 378 g/mol. The molecule has 1 heterocycles. The molecule has 1 aliphatic heterocycles. The van der Waals surface area contributed by atoms with E-state index in [0.29, 0.717) is 12.1 Å². The predicted octanol–water partition coefficient (Wildman–Crippen LogP) is 4.82. The Morgan fingerprint density at radius 2 is 2.14 bits per heavy atom. The first kappa shape index (κ1) is 18.5. The Labute approximate surface area is 167 Å². The van der Waals surface area contributed by atoms with Crippen LogP contribution in [0.2, 0.25) is 5.02 Å². The van der Waals surface area contributed by atoms with E-state index in [-0.39, 0.29) is 34.5 Å². The van der Waals surface area contributed by atoms with Gasteiger partial charge in [-0.3, -0.25) is 14.9 Å². The summed E-state index contributed by atoms with van der Waals surface area (Å²) in [4.78, 5) is 23.1. The van der Waals surface area contributed by atoms with Gasteiger partial charge in [0.05, 0.1) is 11.0 Å². The molecule has 1 amide bonds. The maximum atomic E-state index is 12.2. The fourth-order valence-electron chi connectivity index (χ4n) is 4.19. The van der Waals surface area contributed by atoms with E-state index in [1.807, 2.05) is 25.1 Å². The van der Waals surface area contributed by atoms with E-state index in [1.54, 1.807) is 18.2 Å². The van der Waals surface area contributed by atoms with Gasteiger partial charge in [-0.15, -0.1) is 0 Å². The minimum absolute atomic E-state index is 0.0706. The third-order valence-corrected chi connectivity index (χ3v) is 5.81. The SMILES string of the molecule is CCNC(=O)c1ccc2c(c1)C1C=CCC1C(c1ccc(Cl)c([N+](=O)[O-])c1)N2. The molecular formula is C21H20ClN3O3. The molecule has 7 heteroatoms. The van der Waals surface area contributed by atoms with Crippen molar-refractivity contribution in [2.75, 3.05) is 11.9 Å². The molecule has 6 nitrogen and oxygen atoms in total. The fraction of sp³-hybridized carbons (Fsp3) is 0.286. The highest BCUT2D eigenvalue weighted by atomic mass is 35.5. The second kappa shape index (κ2) is 7.28. The van der Waals surface area contributed by atoms with Gasteiger partial charge in [-0.05, 0) is 54.7 Å². The molecule has 0 saturated heterocycles.